The number of aromatic nitrogens is 2. The van der Waals surface area contributed by atoms with E-state index in [1.165, 1.54) is 0 Å². The number of hydrogen-bond acceptors (Lipinski definition) is 6. The Bertz CT molecular complexity index is 626. The fourth-order valence-corrected chi connectivity index (χ4v) is 2.17. The second-order valence-corrected chi connectivity index (χ2v) is 5.26. The molecule has 0 aliphatic carbocycles. The van der Waals surface area contributed by atoms with Gasteiger partial charge in [0.2, 0.25) is 0 Å². The van der Waals surface area contributed by atoms with E-state index in [0.717, 1.165) is 10.2 Å². The number of hydrazine groups is 1. The summed E-state index contributed by atoms with van der Waals surface area (Å²) in [5, 5.41) is 3.78. The van der Waals surface area contributed by atoms with Crippen LogP contribution >= 0.6 is 27.5 Å². The Morgan fingerprint density at radius 3 is 2.81 bits per heavy atom. The number of hydrogen-bond donors (Lipinski definition) is 3. The Balaban J connectivity index is 2.28. The average Bonchev–Trinajstić information content (AvgIpc) is 2.49. The highest BCUT2D eigenvalue weighted by Crippen LogP contribution is 2.32. The highest BCUT2D eigenvalue weighted by atomic mass is 79.9. The summed E-state index contributed by atoms with van der Waals surface area (Å²) in [6.07, 6.45) is 0. The predicted molar refractivity (Wildman–Crippen MR) is 87.6 cm³/mol. The van der Waals surface area contributed by atoms with Gasteiger partial charge in [-0.15, -0.1) is 0 Å². The Kier molecular flexibility index (Phi) is 5.75. The number of ether oxygens (including phenoxy) is 1. The molecule has 0 atom stereocenters. The first kappa shape index (κ1) is 16.0. The van der Waals surface area contributed by atoms with E-state index >= 15 is 0 Å². The molecule has 4 N–H and O–H groups in total. The van der Waals surface area contributed by atoms with Crippen LogP contribution in [0.3, 0.4) is 0 Å². The van der Waals surface area contributed by atoms with E-state index in [0.29, 0.717) is 35.7 Å². The van der Waals surface area contributed by atoms with Gasteiger partial charge in [0.25, 0.3) is 0 Å². The summed E-state index contributed by atoms with van der Waals surface area (Å²) in [6, 6.07) is 7.22. The molecule has 0 aliphatic rings. The van der Waals surface area contributed by atoms with E-state index in [-0.39, 0.29) is 0 Å². The van der Waals surface area contributed by atoms with Crippen molar-refractivity contribution in [3.8, 4) is 0 Å². The molecule has 21 heavy (non-hydrogen) atoms. The standard InChI is InChI=1S/C13H15BrClN5O/c1-2-21-7-12-18-10(6-11(19-12)20-16)17-9-5-3-4-8(15)13(9)14/h3-6H,2,7,16H2,1H3,(H2,17,18,19,20). The number of nitrogens with two attached hydrogens (primary N) is 1. The molecule has 2 rings (SSSR count). The number of benzene rings is 1. The van der Waals surface area contributed by atoms with Crippen LogP contribution in [0, 0.1) is 0 Å². The summed E-state index contributed by atoms with van der Waals surface area (Å²) in [6.45, 7) is 2.82. The molecule has 1 heterocycles. The third kappa shape index (κ3) is 4.28. The molecule has 1 aromatic carbocycles. The van der Waals surface area contributed by atoms with E-state index in [4.69, 9.17) is 22.2 Å². The van der Waals surface area contributed by atoms with Gasteiger partial charge in [0.1, 0.15) is 18.2 Å². The predicted octanol–water partition coefficient (Wildman–Crippen LogP) is 3.46. The molecule has 0 saturated carbocycles. The number of nitrogens with one attached hydrogen (secondary N) is 2. The van der Waals surface area contributed by atoms with Gasteiger partial charge in [-0.05, 0) is 35.0 Å². The van der Waals surface area contributed by atoms with E-state index < -0.39 is 0 Å². The molecule has 1 aromatic heterocycles. The van der Waals surface area contributed by atoms with Crippen LogP contribution in [0.4, 0.5) is 17.3 Å². The lowest BCUT2D eigenvalue weighted by Crippen LogP contribution is -2.12. The molecule has 8 heteroatoms. The van der Waals surface area contributed by atoms with Crippen LogP contribution in [0.25, 0.3) is 0 Å². The van der Waals surface area contributed by atoms with Crippen LogP contribution in [0.15, 0.2) is 28.7 Å². The van der Waals surface area contributed by atoms with Gasteiger partial charge in [-0.2, -0.15) is 0 Å². The fraction of sp³-hybridized carbons (Fsp3) is 0.231. The SMILES string of the molecule is CCOCc1nc(NN)cc(Nc2cccc(Cl)c2Br)n1. The quantitative estimate of drug-likeness (QED) is 0.532. The van der Waals surface area contributed by atoms with Gasteiger partial charge in [-0.3, -0.25) is 0 Å². The van der Waals surface area contributed by atoms with Crippen molar-refractivity contribution in [2.45, 2.75) is 13.5 Å². The van der Waals surface area contributed by atoms with Crippen LogP contribution in [-0.4, -0.2) is 16.6 Å². The average molecular weight is 373 g/mol. The highest BCUT2D eigenvalue weighted by Gasteiger charge is 2.08. The molecule has 112 valence electrons. The van der Waals surface area contributed by atoms with E-state index in [2.05, 4.69) is 36.6 Å². The summed E-state index contributed by atoms with van der Waals surface area (Å²) < 4.78 is 6.08. The lowest BCUT2D eigenvalue weighted by molar-refractivity contribution is 0.128. The first-order valence-electron chi connectivity index (χ1n) is 6.27. The van der Waals surface area contributed by atoms with Crippen LogP contribution in [0.1, 0.15) is 12.7 Å². The number of nitrogen functional groups attached to an aromatic ring is 1. The van der Waals surface area contributed by atoms with Crippen LogP contribution in [0.5, 0.6) is 0 Å². The molecule has 0 spiro atoms. The fourth-order valence-electron chi connectivity index (χ4n) is 1.63. The van der Waals surface area contributed by atoms with E-state index in [1.807, 2.05) is 19.1 Å². The summed E-state index contributed by atoms with van der Waals surface area (Å²) in [4.78, 5) is 8.60. The zero-order chi connectivity index (χ0) is 15.2. The van der Waals surface area contributed by atoms with Gasteiger partial charge >= 0.3 is 0 Å². The van der Waals surface area contributed by atoms with Crippen LogP contribution in [0.2, 0.25) is 5.02 Å². The lowest BCUT2D eigenvalue weighted by atomic mass is 10.3. The summed E-state index contributed by atoms with van der Waals surface area (Å²) in [5.41, 5.74) is 3.31. The maximum absolute atomic E-state index is 6.07. The molecule has 0 radical (unpaired) electrons. The maximum atomic E-state index is 6.07. The van der Waals surface area contributed by atoms with Crippen molar-refractivity contribution in [3.05, 3.63) is 39.6 Å². The van der Waals surface area contributed by atoms with Crippen molar-refractivity contribution >= 4 is 44.9 Å². The third-order valence-electron chi connectivity index (χ3n) is 2.57. The van der Waals surface area contributed by atoms with Crippen LogP contribution in [-0.2, 0) is 11.3 Å². The van der Waals surface area contributed by atoms with Crippen LogP contribution < -0.4 is 16.6 Å². The van der Waals surface area contributed by atoms with Gasteiger partial charge in [-0.25, -0.2) is 15.8 Å². The minimum Gasteiger partial charge on any atom is -0.374 e. The van der Waals surface area contributed by atoms with Gasteiger partial charge in [0, 0.05) is 12.7 Å². The minimum atomic E-state index is 0.317. The number of halogens is 2. The van der Waals surface area contributed by atoms with E-state index in [1.54, 1.807) is 12.1 Å². The smallest absolute Gasteiger partial charge is 0.158 e. The molecule has 2 aromatic rings. The first-order valence-corrected chi connectivity index (χ1v) is 7.44. The molecule has 0 saturated heterocycles. The van der Waals surface area contributed by atoms with E-state index in [9.17, 15) is 0 Å². The molecule has 0 fully saturated rings. The van der Waals surface area contributed by atoms with Crippen molar-refractivity contribution < 1.29 is 4.74 Å². The molecule has 0 aliphatic heterocycles. The number of nitrogens with zero attached hydrogens (tertiary/aromatic N) is 2. The molecular formula is C13H15BrClN5O. The molecular weight excluding hydrogens is 358 g/mol. The normalized spacial score (nSPS) is 10.5. The third-order valence-corrected chi connectivity index (χ3v) is 3.97. The first-order chi connectivity index (χ1) is 10.1. The van der Waals surface area contributed by atoms with Crippen molar-refractivity contribution in [2.24, 2.45) is 5.84 Å². The largest absolute Gasteiger partial charge is 0.374 e. The molecule has 0 amide bonds. The van der Waals surface area contributed by atoms with Crippen molar-refractivity contribution in [2.75, 3.05) is 17.3 Å². The van der Waals surface area contributed by atoms with Gasteiger partial charge < -0.3 is 15.5 Å². The summed E-state index contributed by atoms with van der Waals surface area (Å²) >= 11 is 9.50. The topological polar surface area (TPSA) is 85.1 Å². The van der Waals surface area contributed by atoms with Gasteiger partial charge in [0.05, 0.1) is 15.2 Å². The Morgan fingerprint density at radius 2 is 2.10 bits per heavy atom. The maximum Gasteiger partial charge on any atom is 0.158 e. The van der Waals surface area contributed by atoms with Crippen molar-refractivity contribution in [1.29, 1.82) is 0 Å². The Labute approximate surface area is 136 Å². The zero-order valence-electron chi connectivity index (χ0n) is 11.4. The van der Waals surface area contributed by atoms with Crippen molar-refractivity contribution in [3.63, 3.8) is 0 Å². The second kappa shape index (κ2) is 7.56. The van der Waals surface area contributed by atoms with Gasteiger partial charge in [0.15, 0.2) is 5.82 Å². The molecule has 6 nitrogen and oxygen atoms in total. The summed E-state index contributed by atoms with van der Waals surface area (Å²) in [7, 11) is 0. The molecule has 0 bridgehead atoms. The Hall–Kier alpha value is -1.41. The monoisotopic (exact) mass is 371 g/mol. The zero-order valence-corrected chi connectivity index (χ0v) is 13.7. The lowest BCUT2D eigenvalue weighted by Gasteiger charge is -2.11. The molecule has 0 unspecified atom stereocenters. The highest BCUT2D eigenvalue weighted by molar-refractivity contribution is 9.10. The van der Waals surface area contributed by atoms with Crippen molar-refractivity contribution in [1.82, 2.24) is 9.97 Å². The summed E-state index contributed by atoms with van der Waals surface area (Å²) in [5.74, 6) is 7.05. The number of rotatable bonds is 6. The number of anilines is 3. The van der Waals surface area contributed by atoms with Gasteiger partial charge in [-0.1, -0.05) is 17.7 Å². The second-order valence-electron chi connectivity index (χ2n) is 4.06. The minimum absolute atomic E-state index is 0.317. The Morgan fingerprint density at radius 1 is 1.33 bits per heavy atom.